The van der Waals surface area contributed by atoms with E-state index in [0.29, 0.717) is 5.44 Å². The molecule has 3 nitrogen and oxygen atoms in total. The third-order valence-corrected chi connectivity index (χ3v) is 7.84. The summed E-state index contributed by atoms with van der Waals surface area (Å²) >= 11 is 0. The Bertz CT molecular complexity index is 686. The van der Waals surface area contributed by atoms with E-state index in [-0.39, 0.29) is 5.16 Å². The Morgan fingerprint density at radius 3 is 2.00 bits per heavy atom. The van der Waals surface area contributed by atoms with Crippen LogP contribution in [0.3, 0.4) is 0 Å². The first-order valence-electron chi connectivity index (χ1n) is 6.67. The SMILES string of the molecule is C[P@@](c1nc2ccccc2nc1P(C)(C)=O)C(C)(C)C. The van der Waals surface area contributed by atoms with E-state index in [1.165, 1.54) is 0 Å². The third kappa shape index (κ3) is 3.10. The topological polar surface area (TPSA) is 42.9 Å². The maximum absolute atomic E-state index is 12.6. The highest BCUT2D eigenvalue weighted by Crippen LogP contribution is 2.46. The van der Waals surface area contributed by atoms with Crippen LogP contribution in [0.15, 0.2) is 24.3 Å². The average molecular weight is 308 g/mol. The zero-order chi connectivity index (χ0) is 15.1. The maximum atomic E-state index is 12.6. The van der Waals surface area contributed by atoms with Crippen LogP contribution in [0.4, 0.5) is 0 Å². The first-order valence-corrected chi connectivity index (χ1v) is 11.1. The molecule has 0 saturated heterocycles. The molecular weight excluding hydrogens is 286 g/mol. The summed E-state index contributed by atoms with van der Waals surface area (Å²) in [7, 11) is -2.96. The molecule has 0 saturated carbocycles. The van der Waals surface area contributed by atoms with E-state index in [4.69, 9.17) is 4.98 Å². The van der Waals surface area contributed by atoms with Crippen LogP contribution < -0.4 is 10.9 Å². The monoisotopic (exact) mass is 308 g/mol. The third-order valence-electron chi connectivity index (χ3n) is 3.37. The lowest BCUT2D eigenvalue weighted by molar-refractivity contribution is 0.588. The zero-order valence-electron chi connectivity index (χ0n) is 13.0. The summed E-state index contributed by atoms with van der Waals surface area (Å²) < 4.78 is 12.6. The van der Waals surface area contributed by atoms with Gasteiger partial charge in [-0.3, -0.25) is 0 Å². The molecule has 0 spiro atoms. The Morgan fingerprint density at radius 2 is 1.55 bits per heavy atom. The molecule has 0 bridgehead atoms. The summed E-state index contributed by atoms with van der Waals surface area (Å²) in [5.74, 6) is 0. The normalized spacial score (nSPS) is 14.5. The van der Waals surface area contributed by atoms with Gasteiger partial charge in [-0.1, -0.05) is 40.8 Å². The summed E-state index contributed by atoms with van der Waals surface area (Å²) in [5.41, 5.74) is 3.37. The summed E-state index contributed by atoms with van der Waals surface area (Å²) in [6.07, 6.45) is 0. The van der Waals surface area contributed by atoms with Crippen molar-refractivity contribution in [2.75, 3.05) is 20.0 Å². The summed E-state index contributed by atoms with van der Waals surface area (Å²) in [5, 5.41) is 0.121. The lowest BCUT2D eigenvalue weighted by Gasteiger charge is -2.29. The highest BCUT2D eigenvalue weighted by atomic mass is 31.2. The Morgan fingerprint density at radius 1 is 1.05 bits per heavy atom. The molecule has 0 aliphatic rings. The van der Waals surface area contributed by atoms with Gasteiger partial charge in [-0.25, -0.2) is 9.97 Å². The van der Waals surface area contributed by atoms with E-state index in [2.05, 4.69) is 32.4 Å². The number of rotatable bonds is 2. The number of para-hydroxylation sites is 2. The Hall–Kier alpha value is -0.780. The van der Waals surface area contributed by atoms with Gasteiger partial charge in [-0.15, -0.1) is 0 Å². The largest absolute Gasteiger partial charge is 0.318 e. The van der Waals surface area contributed by atoms with Crippen LogP contribution in [-0.4, -0.2) is 35.1 Å². The Balaban J connectivity index is 2.76. The van der Waals surface area contributed by atoms with Crippen LogP contribution in [0.1, 0.15) is 20.8 Å². The molecule has 1 aromatic heterocycles. The molecule has 2 aromatic rings. The first kappa shape index (κ1) is 15.6. The molecule has 1 heterocycles. The van der Waals surface area contributed by atoms with Gasteiger partial charge in [0.25, 0.3) is 0 Å². The number of fused-ring (bicyclic) bond motifs is 1. The molecule has 0 radical (unpaired) electrons. The first-order chi connectivity index (χ1) is 9.10. The van der Waals surface area contributed by atoms with Crippen molar-refractivity contribution in [3.05, 3.63) is 24.3 Å². The van der Waals surface area contributed by atoms with Crippen molar-refractivity contribution in [1.29, 1.82) is 0 Å². The number of hydrogen-bond acceptors (Lipinski definition) is 3. The van der Waals surface area contributed by atoms with Gasteiger partial charge in [0.1, 0.15) is 12.6 Å². The van der Waals surface area contributed by atoms with E-state index in [1.807, 2.05) is 24.3 Å². The van der Waals surface area contributed by atoms with Crippen molar-refractivity contribution in [2.24, 2.45) is 0 Å². The van der Waals surface area contributed by atoms with Crippen molar-refractivity contribution in [2.45, 2.75) is 25.9 Å². The fourth-order valence-corrected chi connectivity index (χ4v) is 5.18. The summed E-state index contributed by atoms with van der Waals surface area (Å²) in [6.45, 7) is 12.4. The second-order valence-electron chi connectivity index (χ2n) is 6.44. The minimum atomic E-state index is -2.44. The smallest absolute Gasteiger partial charge is 0.129 e. The minimum absolute atomic E-state index is 0.121. The fraction of sp³-hybridized carbons (Fsp3) is 0.467. The molecule has 5 heteroatoms. The molecule has 0 fully saturated rings. The van der Waals surface area contributed by atoms with Gasteiger partial charge >= 0.3 is 0 Å². The van der Waals surface area contributed by atoms with Crippen LogP contribution in [0, 0.1) is 0 Å². The molecule has 1 aromatic carbocycles. The van der Waals surface area contributed by atoms with Gasteiger partial charge in [0.15, 0.2) is 0 Å². The molecular formula is C15H22N2OP2. The lowest BCUT2D eigenvalue weighted by atomic mass is 10.3. The highest BCUT2D eigenvalue weighted by molar-refractivity contribution is 7.74. The van der Waals surface area contributed by atoms with Crippen LogP contribution in [0.2, 0.25) is 0 Å². The zero-order valence-corrected chi connectivity index (χ0v) is 14.8. The molecule has 20 heavy (non-hydrogen) atoms. The van der Waals surface area contributed by atoms with Crippen molar-refractivity contribution < 1.29 is 4.57 Å². The van der Waals surface area contributed by atoms with E-state index in [0.717, 1.165) is 16.5 Å². The molecule has 0 aliphatic carbocycles. The molecule has 108 valence electrons. The van der Waals surface area contributed by atoms with Gasteiger partial charge in [0.05, 0.1) is 16.5 Å². The van der Waals surface area contributed by atoms with Gasteiger partial charge in [-0.05, 0) is 37.3 Å². The second-order valence-corrected chi connectivity index (χ2v) is 12.4. The van der Waals surface area contributed by atoms with Gasteiger partial charge in [-0.2, -0.15) is 0 Å². The quantitative estimate of drug-likeness (QED) is 0.798. The van der Waals surface area contributed by atoms with Crippen LogP contribution in [-0.2, 0) is 4.57 Å². The molecule has 0 N–H and O–H groups in total. The van der Waals surface area contributed by atoms with Crippen molar-refractivity contribution in [1.82, 2.24) is 9.97 Å². The number of hydrogen-bond donors (Lipinski definition) is 0. The van der Waals surface area contributed by atoms with Crippen LogP contribution in [0.5, 0.6) is 0 Å². The lowest BCUT2D eigenvalue weighted by Crippen LogP contribution is -2.34. The number of nitrogens with zero attached hydrogens (tertiary/aromatic N) is 2. The van der Waals surface area contributed by atoms with Crippen LogP contribution in [0.25, 0.3) is 11.0 Å². The average Bonchev–Trinajstić information content (AvgIpc) is 2.34. The van der Waals surface area contributed by atoms with E-state index in [9.17, 15) is 4.57 Å². The minimum Gasteiger partial charge on any atom is -0.318 e. The van der Waals surface area contributed by atoms with E-state index in [1.54, 1.807) is 13.3 Å². The van der Waals surface area contributed by atoms with Crippen molar-refractivity contribution in [3.8, 4) is 0 Å². The predicted molar refractivity (Wildman–Crippen MR) is 90.9 cm³/mol. The summed E-state index contributed by atoms with van der Waals surface area (Å²) in [4.78, 5) is 9.47. The number of benzene rings is 1. The standard InChI is InChI=1S/C15H22N2OP2/c1-15(2,3)19(4)13-14(20(5,6)18)17-12-10-8-7-9-11(12)16-13/h7-10H,1-6H3/t19-/m0/s1. The van der Waals surface area contributed by atoms with Crippen molar-refractivity contribution in [3.63, 3.8) is 0 Å². The molecule has 0 amide bonds. The Kier molecular flexibility index (Phi) is 4.06. The van der Waals surface area contributed by atoms with Crippen LogP contribution >= 0.6 is 15.1 Å². The van der Waals surface area contributed by atoms with Gasteiger partial charge in [0.2, 0.25) is 0 Å². The summed E-state index contributed by atoms with van der Waals surface area (Å²) in [6, 6.07) is 7.81. The van der Waals surface area contributed by atoms with E-state index < -0.39 is 15.1 Å². The number of aromatic nitrogens is 2. The van der Waals surface area contributed by atoms with Gasteiger partial charge < -0.3 is 4.57 Å². The molecule has 0 unspecified atom stereocenters. The molecule has 1 atom stereocenters. The second kappa shape index (κ2) is 5.20. The Labute approximate surface area is 122 Å². The molecule has 0 aliphatic heterocycles. The fourth-order valence-electron chi connectivity index (χ4n) is 1.89. The van der Waals surface area contributed by atoms with Gasteiger partial charge in [0, 0.05) is 0 Å². The molecule has 2 rings (SSSR count). The van der Waals surface area contributed by atoms with Crippen molar-refractivity contribution >= 4 is 37.0 Å². The highest BCUT2D eigenvalue weighted by Gasteiger charge is 2.30. The maximum Gasteiger partial charge on any atom is 0.129 e. The van der Waals surface area contributed by atoms with E-state index >= 15 is 0 Å². The predicted octanol–water partition coefficient (Wildman–Crippen LogP) is 3.41.